The van der Waals surface area contributed by atoms with Crippen molar-refractivity contribution < 1.29 is 27.1 Å². The molecule has 0 aliphatic heterocycles. The Hall–Kier alpha value is -2.98. The monoisotopic (exact) mass is 423 g/mol. The van der Waals surface area contributed by atoms with Gasteiger partial charge in [0.25, 0.3) is 5.91 Å². The highest BCUT2D eigenvalue weighted by atomic mass is 32.2. The van der Waals surface area contributed by atoms with Gasteiger partial charge in [-0.1, -0.05) is 12.1 Å². The van der Waals surface area contributed by atoms with E-state index >= 15 is 0 Å². The van der Waals surface area contributed by atoms with Gasteiger partial charge in [-0.2, -0.15) is 0 Å². The number of amides is 2. The second-order valence-electron chi connectivity index (χ2n) is 6.26. The minimum atomic E-state index is -3.75. The number of hydrogen-bond acceptors (Lipinski definition) is 5. The van der Waals surface area contributed by atoms with E-state index in [1.165, 1.54) is 24.3 Å². The molecule has 0 unspecified atom stereocenters. The van der Waals surface area contributed by atoms with Gasteiger partial charge in [-0.05, 0) is 55.3 Å². The zero-order valence-electron chi connectivity index (χ0n) is 16.0. The number of carbonyl (C=O) groups is 2. The summed E-state index contributed by atoms with van der Waals surface area (Å²) < 4.78 is 44.9. The number of ether oxygens (including phenoxy) is 1. The largest absolute Gasteiger partial charge is 0.484 e. The van der Waals surface area contributed by atoms with Crippen molar-refractivity contribution in [3.63, 3.8) is 0 Å². The number of hydrogen-bond donors (Lipinski definition) is 3. The zero-order chi connectivity index (χ0) is 21.4. The highest BCUT2D eigenvalue weighted by molar-refractivity contribution is 7.89. The van der Waals surface area contributed by atoms with Crippen molar-refractivity contribution in [3.8, 4) is 5.75 Å². The highest BCUT2D eigenvalue weighted by Crippen LogP contribution is 2.16. The van der Waals surface area contributed by atoms with Crippen molar-refractivity contribution in [2.75, 3.05) is 13.2 Å². The van der Waals surface area contributed by atoms with Crippen LogP contribution in [0.1, 0.15) is 17.5 Å². The van der Waals surface area contributed by atoms with E-state index in [4.69, 9.17) is 4.74 Å². The molecule has 3 N–H and O–H groups in total. The first-order valence-electron chi connectivity index (χ1n) is 8.70. The molecule has 0 aliphatic carbocycles. The van der Waals surface area contributed by atoms with Gasteiger partial charge in [0.15, 0.2) is 6.61 Å². The van der Waals surface area contributed by atoms with Gasteiger partial charge >= 0.3 is 0 Å². The van der Waals surface area contributed by atoms with Crippen LogP contribution >= 0.6 is 0 Å². The molecule has 0 aliphatic rings. The Balaban J connectivity index is 1.72. The summed E-state index contributed by atoms with van der Waals surface area (Å²) in [7, 11) is -3.75. The summed E-state index contributed by atoms with van der Waals surface area (Å²) in [4.78, 5) is 23.6. The molecule has 2 amide bonds. The van der Waals surface area contributed by atoms with Crippen LogP contribution in [0.2, 0.25) is 0 Å². The minimum absolute atomic E-state index is 0.135. The van der Waals surface area contributed by atoms with Gasteiger partial charge < -0.3 is 4.74 Å². The number of sulfonamides is 1. The second kappa shape index (κ2) is 9.99. The number of aryl methyl sites for hydroxylation is 2. The van der Waals surface area contributed by atoms with Crippen LogP contribution in [0.25, 0.3) is 0 Å². The molecule has 0 fully saturated rings. The number of benzene rings is 2. The van der Waals surface area contributed by atoms with E-state index < -0.39 is 27.7 Å². The molecule has 0 bridgehead atoms. The van der Waals surface area contributed by atoms with Crippen LogP contribution in [0, 0.1) is 19.7 Å². The molecule has 0 atom stereocenters. The van der Waals surface area contributed by atoms with Crippen LogP contribution < -0.4 is 20.3 Å². The Kier molecular flexibility index (Phi) is 7.68. The molecular weight excluding hydrogens is 401 g/mol. The Morgan fingerprint density at radius 1 is 1.00 bits per heavy atom. The van der Waals surface area contributed by atoms with E-state index in [0.717, 1.165) is 5.56 Å². The summed E-state index contributed by atoms with van der Waals surface area (Å²) in [5, 5.41) is 0. The van der Waals surface area contributed by atoms with Crippen molar-refractivity contribution in [3.05, 3.63) is 59.4 Å². The van der Waals surface area contributed by atoms with Crippen LogP contribution in [0.5, 0.6) is 5.75 Å². The van der Waals surface area contributed by atoms with Gasteiger partial charge in [0.2, 0.25) is 15.9 Å². The zero-order valence-corrected chi connectivity index (χ0v) is 16.8. The number of nitrogens with one attached hydrogen (secondary N) is 3. The van der Waals surface area contributed by atoms with Gasteiger partial charge in [-0.15, -0.1) is 0 Å². The maximum absolute atomic E-state index is 12.8. The van der Waals surface area contributed by atoms with Crippen molar-refractivity contribution in [1.82, 2.24) is 15.6 Å². The van der Waals surface area contributed by atoms with Gasteiger partial charge in [-0.25, -0.2) is 17.5 Å². The SMILES string of the molecule is Cc1ccc(C)c(S(=O)(=O)NCCC(=O)NNC(=O)COc2ccc(F)cc2)c1. The quantitative estimate of drug-likeness (QED) is 0.555. The molecule has 0 heterocycles. The smallest absolute Gasteiger partial charge is 0.276 e. The molecule has 0 saturated carbocycles. The highest BCUT2D eigenvalue weighted by Gasteiger charge is 2.17. The van der Waals surface area contributed by atoms with E-state index in [1.54, 1.807) is 26.0 Å². The second-order valence-corrected chi connectivity index (χ2v) is 7.99. The number of halogens is 1. The summed E-state index contributed by atoms with van der Waals surface area (Å²) in [5.74, 6) is -1.33. The van der Waals surface area contributed by atoms with Crippen LogP contribution in [-0.2, 0) is 19.6 Å². The third-order valence-electron chi connectivity index (χ3n) is 3.80. The first-order valence-corrected chi connectivity index (χ1v) is 10.2. The first-order chi connectivity index (χ1) is 13.7. The molecule has 0 saturated heterocycles. The fraction of sp³-hybridized carbons (Fsp3) is 0.263. The average molecular weight is 423 g/mol. The van der Waals surface area contributed by atoms with Gasteiger partial charge in [0.05, 0.1) is 4.90 Å². The number of carbonyl (C=O) groups excluding carboxylic acids is 2. The van der Waals surface area contributed by atoms with E-state index in [0.29, 0.717) is 11.3 Å². The molecule has 2 aromatic carbocycles. The first kappa shape index (κ1) is 22.3. The summed E-state index contributed by atoms with van der Waals surface area (Å²) in [6.45, 7) is 2.95. The normalized spacial score (nSPS) is 11.0. The molecule has 0 radical (unpaired) electrons. The molecule has 29 heavy (non-hydrogen) atoms. The average Bonchev–Trinajstić information content (AvgIpc) is 2.67. The predicted octanol–water partition coefficient (Wildman–Crippen LogP) is 1.34. The molecular formula is C19H22FN3O5S. The summed E-state index contributed by atoms with van der Waals surface area (Å²) in [6, 6.07) is 10.2. The molecule has 8 nitrogen and oxygen atoms in total. The van der Waals surface area contributed by atoms with Crippen LogP contribution in [0.3, 0.4) is 0 Å². The Labute approximate surface area is 168 Å². The third kappa shape index (κ3) is 7.16. The molecule has 156 valence electrons. The lowest BCUT2D eigenvalue weighted by molar-refractivity contribution is -0.129. The Bertz CT molecular complexity index is 978. The molecule has 0 aromatic heterocycles. The Morgan fingerprint density at radius 2 is 1.66 bits per heavy atom. The van der Waals surface area contributed by atoms with E-state index in [9.17, 15) is 22.4 Å². The van der Waals surface area contributed by atoms with Crippen molar-refractivity contribution in [1.29, 1.82) is 0 Å². The summed E-state index contributed by atoms with van der Waals surface area (Å²) in [5.41, 5.74) is 5.71. The van der Waals surface area contributed by atoms with Crippen LogP contribution in [0.15, 0.2) is 47.4 Å². The molecule has 0 spiro atoms. The summed E-state index contributed by atoms with van der Waals surface area (Å²) >= 11 is 0. The van der Waals surface area contributed by atoms with Gasteiger partial charge in [0.1, 0.15) is 11.6 Å². The van der Waals surface area contributed by atoms with E-state index in [2.05, 4.69) is 15.6 Å². The van der Waals surface area contributed by atoms with Crippen molar-refractivity contribution >= 4 is 21.8 Å². The maximum atomic E-state index is 12.8. The van der Waals surface area contributed by atoms with E-state index in [-0.39, 0.29) is 24.5 Å². The molecule has 10 heteroatoms. The van der Waals surface area contributed by atoms with Crippen molar-refractivity contribution in [2.45, 2.75) is 25.2 Å². The fourth-order valence-corrected chi connectivity index (χ4v) is 3.65. The molecule has 2 aromatic rings. The maximum Gasteiger partial charge on any atom is 0.276 e. The molecule has 2 rings (SSSR count). The van der Waals surface area contributed by atoms with Gasteiger partial charge in [-0.3, -0.25) is 20.4 Å². The summed E-state index contributed by atoms with van der Waals surface area (Å²) in [6.07, 6.45) is -0.177. The van der Waals surface area contributed by atoms with E-state index in [1.807, 2.05) is 6.07 Å². The number of rotatable bonds is 8. The third-order valence-corrected chi connectivity index (χ3v) is 5.41. The topological polar surface area (TPSA) is 114 Å². The Morgan fingerprint density at radius 3 is 2.34 bits per heavy atom. The standard InChI is InChI=1S/C19H22FN3O5S/c1-13-3-4-14(2)17(11-13)29(26,27)21-10-9-18(24)22-23-19(25)12-28-16-7-5-15(20)6-8-16/h3-8,11,21H,9-10,12H2,1-2H3,(H,22,24)(H,23,25). The number of hydrazine groups is 1. The lowest BCUT2D eigenvalue weighted by atomic mass is 10.2. The van der Waals surface area contributed by atoms with Crippen LogP contribution in [-0.4, -0.2) is 33.4 Å². The van der Waals surface area contributed by atoms with Crippen molar-refractivity contribution in [2.24, 2.45) is 0 Å². The van der Waals surface area contributed by atoms with Gasteiger partial charge in [0, 0.05) is 13.0 Å². The van der Waals surface area contributed by atoms with Crippen LogP contribution in [0.4, 0.5) is 4.39 Å². The minimum Gasteiger partial charge on any atom is -0.484 e. The fourth-order valence-electron chi connectivity index (χ4n) is 2.29. The predicted molar refractivity (Wildman–Crippen MR) is 104 cm³/mol. The lowest BCUT2D eigenvalue weighted by Crippen LogP contribution is -2.44. The lowest BCUT2D eigenvalue weighted by Gasteiger charge is -2.11.